The molecule has 0 fully saturated rings. The number of nitrogens with zero attached hydrogens (tertiary/aromatic N) is 1. The Morgan fingerprint density at radius 1 is 1.00 bits per heavy atom. The second-order valence-electron chi connectivity index (χ2n) is 4.28. The summed E-state index contributed by atoms with van der Waals surface area (Å²) in [5.41, 5.74) is 2.11. The van der Waals surface area contributed by atoms with Crippen molar-refractivity contribution in [3.63, 3.8) is 0 Å². The highest BCUT2D eigenvalue weighted by molar-refractivity contribution is 9.10. The van der Waals surface area contributed by atoms with Gasteiger partial charge in [0.05, 0.1) is 11.7 Å². The van der Waals surface area contributed by atoms with Crippen molar-refractivity contribution >= 4 is 26.8 Å². The van der Waals surface area contributed by atoms with Crippen LogP contribution < -0.4 is 4.74 Å². The Labute approximate surface area is 120 Å². The number of pyridine rings is 1. The summed E-state index contributed by atoms with van der Waals surface area (Å²) in [6.07, 6.45) is 1.76. The SMILES string of the molecule is Brc1cccc(COc2cnc3ccccc3c2)c1. The molecule has 0 unspecified atom stereocenters. The Kier molecular flexibility index (Phi) is 3.47. The molecular weight excluding hydrogens is 302 g/mol. The molecular formula is C16H12BrNO. The molecule has 0 atom stereocenters. The monoisotopic (exact) mass is 313 g/mol. The fourth-order valence-corrected chi connectivity index (χ4v) is 2.37. The first kappa shape index (κ1) is 12.2. The largest absolute Gasteiger partial charge is 0.487 e. The van der Waals surface area contributed by atoms with Crippen LogP contribution in [0.25, 0.3) is 10.9 Å². The lowest BCUT2D eigenvalue weighted by Crippen LogP contribution is -1.95. The molecule has 0 amide bonds. The number of halogens is 1. The molecule has 3 heteroatoms. The number of para-hydroxylation sites is 1. The van der Waals surface area contributed by atoms with Crippen LogP contribution in [0.5, 0.6) is 5.75 Å². The average molecular weight is 314 g/mol. The fraction of sp³-hybridized carbons (Fsp3) is 0.0625. The van der Waals surface area contributed by atoms with E-state index in [1.807, 2.05) is 48.5 Å². The van der Waals surface area contributed by atoms with Crippen molar-refractivity contribution in [2.24, 2.45) is 0 Å². The lowest BCUT2D eigenvalue weighted by Gasteiger charge is -2.07. The molecule has 0 radical (unpaired) electrons. The molecule has 0 aliphatic heterocycles. The van der Waals surface area contributed by atoms with Crippen LogP contribution in [0, 0.1) is 0 Å². The van der Waals surface area contributed by atoms with E-state index in [-0.39, 0.29) is 0 Å². The van der Waals surface area contributed by atoms with Gasteiger partial charge in [0.25, 0.3) is 0 Å². The third-order valence-corrected chi connectivity index (χ3v) is 3.35. The van der Waals surface area contributed by atoms with Crippen LogP contribution in [0.4, 0.5) is 0 Å². The minimum absolute atomic E-state index is 0.541. The predicted molar refractivity (Wildman–Crippen MR) is 80.2 cm³/mol. The number of benzene rings is 2. The summed E-state index contributed by atoms with van der Waals surface area (Å²) >= 11 is 3.45. The van der Waals surface area contributed by atoms with Gasteiger partial charge in [-0.3, -0.25) is 4.98 Å². The van der Waals surface area contributed by atoms with E-state index >= 15 is 0 Å². The molecule has 94 valence electrons. The van der Waals surface area contributed by atoms with E-state index in [9.17, 15) is 0 Å². The van der Waals surface area contributed by atoms with Gasteiger partial charge in [-0.25, -0.2) is 0 Å². The summed E-state index contributed by atoms with van der Waals surface area (Å²) < 4.78 is 6.83. The van der Waals surface area contributed by atoms with Gasteiger partial charge in [0, 0.05) is 9.86 Å². The van der Waals surface area contributed by atoms with Gasteiger partial charge in [0.15, 0.2) is 0 Å². The van der Waals surface area contributed by atoms with Crippen LogP contribution in [-0.4, -0.2) is 4.98 Å². The van der Waals surface area contributed by atoms with Crippen LogP contribution in [0.2, 0.25) is 0 Å². The van der Waals surface area contributed by atoms with Crippen LogP contribution in [-0.2, 0) is 6.61 Å². The van der Waals surface area contributed by atoms with Crippen LogP contribution in [0.1, 0.15) is 5.56 Å². The van der Waals surface area contributed by atoms with E-state index in [1.54, 1.807) is 6.20 Å². The standard InChI is InChI=1S/C16H12BrNO/c17-14-6-3-4-12(8-14)11-19-15-9-13-5-1-2-7-16(13)18-10-15/h1-10H,11H2. The normalized spacial score (nSPS) is 10.6. The van der Waals surface area contributed by atoms with Crippen molar-refractivity contribution in [3.8, 4) is 5.75 Å². The molecule has 3 aromatic rings. The van der Waals surface area contributed by atoms with Crippen molar-refractivity contribution in [2.45, 2.75) is 6.61 Å². The van der Waals surface area contributed by atoms with Gasteiger partial charge in [0.2, 0.25) is 0 Å². The highest BCUT2D eigenvalue weighted by atomic mass is 79.9. The van der Waals surface area contributed by atoms with E-state index in [1.165, 1.54) is 0 Å². The van der Waals surface area contributed by atoms with Gasteiger partial charge in [-0.05, 0) is 29.8 Å². The maximum absolute atomic E-state index is 5.77. The van der Waals surface area contributed by atoms with Gasteiger partial charge in [-0.15, -0.1) is 0 Å². The van der Waals surface area contributed by atoms with Gasteiger partial charge in [0.1, 0.15) is 12.4 Å². The lowest BCUT2D eigenvalue weighted by molar-refractivity contribution is 0.305. The third-order valence-electron chi connectivity index (χ3n) is 2.86. The van der Waals surface area contributed by atoms with Gasteiger partial charge in [-0.2, -0.15) is 0 Å². The van der Waals surface area contributed by atoms with E-state index in [0.29, 0.717) is 6.61 Å². The molecule has 0 N–H and O–H groups in total. The van der Waals surface area contributed by atoms with E-state index in [4.69, 9.17) is 4.74 Å². The molecule has 1 heterocycles. The van der Waals surface area contributed by atoms with Gasteiger partial charge in [-0.1, -0.05) is 46.3 Å². The summed E-state index contributed by atoms with van der Waals surface area (Å²) in [6.45, 7) is 0.541. The first-order chi connectivity index (χ1) is 9.31. The zero-order valence-corrected chi connectivity index (χ0v) is 11.8. The first-order valence-corrected chi connectivity index (χ1v) is 6.82. The Balaban J connectivity index is 1.78. The van der Waals surface area contributed by atoms with E-state index < -0.39 is 0 Å². The van der Waals surface area contributed by atoms with Crippen LogP contribution in [0.3, 0.4) is 0 Å². The summed E-state index contributed by atoms with van der Waals surface area (Å²) in [4.78, 5) is 4.38. The average Bonchev–Trinajstić information content (AvgIpc) is 2.45. The van der Waals surface area contributed by atoms with Crippen molar-refractivity contribution in [1.82, 2.24) is 4.98 Å². The second-order valence-corrected chi connectivity index (χ2v) is 5.20. The Bertz CT molecular complexity index is 712. The summed E-state index contributed by atoms with van der Waals surface area (Å²) in [6, 6.07) is 18.1. The van der Waals surface area contributed by atoms with Crippen molar-refractivity contribution in [1.29, 1.82) is 0 Å². The minimum atomic E-state index is 0.541. The second kappa shape index (κ2) is 5.41. The molecule has 0 saturated carbocycles. The zero-order chi connectivity index (χ0) is 13.1. The first-order valence-electron chi connectivity index (χ1n) is 6.03. The van der Waals surface area contributed by atoms with E-state index in [2.05, 4.69) is 27.0 Å². The van der Waals surface area contributed by atoms with Crippen molar-refractivity contribution in [2.75, 3.05) is 0 Å². The van der Waals surface area contributed by atoms with Crippen molar-refractivity contribution < 1.29 is 4.74 Å². The van der Waals surface area contributed by atoms with Crippen LogP contribution in [0.15, 0.2) is 65.3 Å². The minimum Gasteiger partial charge on any atom is -0.487 e. The highest BCUT2D eigenvalue weighted by Crippen LogP contribution is 2.19. The number of fused-ring (bicyclic) bond motifs is 1. The maximum atomic E-state index is 5.77. The molecule has 0 aliphatic rings. The number of hydrogen-bond acceptors (Lipinski definition) is 2. The molecule has 1 aromatic heterocycles. The van der Waals surface area contributed by atoms with Gasteiger partial charge < -0.3 is 4.74 Å². The molecule has 0 bridgehead atoms. The quantitative estimate of drug-likeness (QED) is 0.706. The Morgan fingerprint density at radius 3 is 2.79 bits per heavy atom. The predicted octanol–water partition coefficient (Wildman–Crippen LogP) is 4.58. The molecule has 19 heavy (non-hydrogen) atoms. The van der Waals surface area contributed by atoms with Gasteiger partial charge >= 0.3 is 0 Å². The number of rotatable bonds is 3. The fourth-order valence-electron chi connectivity index (χ4n) is 1.92. The maximum Gasteiger partial charge on any atom is 0.138 e. The number of ether oxygens (including phenoxy) is 1. The highest BCUT2D eigenvalue weighted by Gasteiger charge is 1.99. The number of aromatic nitrogens is 1. The molecule has 2 aromatic carbocycles. The van der Waals surface area contributed by atoms with Crippen molar-refractivity contribution in [3.05, 3.63) is 70.8 Å². The topological polar surface area (TPSA) is 22.1 Å². The van der Waals surface area contributed by atoms with Crippen LogP contribution >= 0.6 is 15.9 Å². The van der Waals surface area contributed by atoms with E-state index in [0.717, 1.165) is 26.7 Å². The molecule has 3 rings (SSSR count). The number of hydrogen-bond donors (Lipinski definition) is 0. The third kappa shape index (κ3) is 2.93. The Morgan fingerprint density at radius 2 is 1.89 bits per heavy atom. The smallest absolute Gasteiger partial charge is 0.138 e. The summed E-state index contributed by atoms with van der Waals surface area (Å²) in [5, 5.41) is 1.09. The Hall–Kier alpha value is -1.87. The summed E-state index contributed by atoms with van der Waals surface area (Å²) in [5.74, 6) is 0.790. The molecule has 2 nitrogen and oxygen atoms in total. The lowest BCUT2D eigenvalue weighted by atomic mass is 10.2. The molecule has 0 aliphatic carbocycles. The zero-order valence-electron chi connectivity index (χ0n) is 10.2. The summed E-state index contributed by atoms with van der Waals surface area (Å²) in [7, 11) is 0. The molecule has 0 saturated heterocycles. The molecule has 0 spiro atoms.